The van der Waals surface area contributed by atoms with Gasteiger partial charge in [-0.3, -0.25) is 0 Å². The molecular formula is C16H26S2. The Balaban J connectivity index is 1.60. The zero-order valence-corrected chi connectivity index (χ0v) is 13.2. The Morgan fingerprint density at radius 2 is 1.83 bits per heavy atom. The van der Waals surface area contributed by atoms with Gasteiger partial charge in [0.05, 0.1) is 0 Å². The van der Waals surface area contributed by atoms with Gasteiger partial charge in [-0.05, 0) is 66.3 Å². The molecule has 2 heterocycles. The van der Waals surface area contributed by atoms with E-state index in [-0.39, 0.29) is 0 Å². The summed E-state index contributed by atoms with van der Waals surface area (Å²) in [4.78, 5) is 0. The van der Waals surface area contributed by atoms with Crippen molar-refractivity contribution < 1.29 is 0 Å². The van der Waals surface area contributed by atoms with E-state index < -0.39 is 0 Å². The van der Waals surface area contributed by atoms with Gasteiger partial charge in [-0.25, -0.2) is 0 Å². The van der Waals surface area contributed by atoms with E-state index in [2.05, 4.69) is 30.4 Å². The van der Waals surface area contributed by atoms with Crippen LogP contribution in [0.5, 0.6) is 0 Å². The van der Waals surface area contributed by atoms with Crippen molar-refractivity contribution in [1.29, 1.82) is 0 Å². The Kier molecular flexibility index (Phi) is 3.19. The maximum Gasteiger partial charge on any atom is 0.0177 e. The summed E-state index contributed by atoms with van der Waals surface area (Å²) < 4.78 is 0. The van der Waals surface area contributed by atoms with Crippen LogP contribution >= 0.6 is 23.5 Å². The summed E-state index contributed by atoms with van der Waals surface area (Å²) >= 11 is 4.60. The number of fused-ring (bicyclic) bond motifs is 5. The molecule has 2 saturated carbocycles. The average molecular weight is 283 g/mol. The molecule has 2 aliphatic heterocycles. The van der Waals surface area contributed by atoms with Gasteiger partial charge < -0.3 is 0 Å². The molecule has 102 valence electrons. The van der Waals surface area contributed by atoms with Crippen molar-refractivity contribution in [2.75, 3.05) is 17.3 Å². The third kappa shape index (κ3) is 1.81. The van der Waals surface area contributed by atoms with E-state index in [0.29, 0.717) is 0 Å². The minimum Gasteiger partial charge on any atom is -0.160 e. The molecule has 0 N–H and O–H groups in total. The van der Waals surface area contributed by atoms with Crippen molar-refractivity contribution in [2.24, 2.45) is 29.1 Å². The van der Waals surface area contributed by atoms with E-state index in [0.717, 1.165) is 34.3 Å². The topological polar surface area (TPSA) is 0 Å². The molecular weight excluding hydrogens is 256 g/mol. The Labute approximate surface area is 120 Å². The van der Waals surface area contributed by atoms with Crippen LogP contribution < -0.4 is 0 Å². The lowest BCUT2D eigenvalue weighted by Gasteiger charge is -2.56. The smallest absolute Gasteiger partial charge is 0.0177 e. The van der Waals surface area contributed by atoms with Crippen LogP contribution in [0.2, 0.25) is 0 Å². The maximum absolute atomic E-state index is 2.63. The summed E-state index contributed by atoms with van der Waals surface area (Å²) in [5.41, 5.74) is 0.735. The lowest BCUT2D eigenvalue weighted by Crippen LogP contribution is -2.50. The van der Waals surface area contributed by atoms with Crippen LogP contribution in [0.15, 0.2) is 0 Å². The van der Waals surface area contributed by atoms with Gasteiger partial charge in [0.25, 0.3) is 0 Å². The monoisotopic (exact) mass is 282 g/mol. The molecule has 0 spiro atoms. The molecule has 0 bridgehead atoms. The first-order valence-electron chi connectivity index (χ1n) is 7.97. The average Bonchev–Trinajstić information content (AvgIpc) is 2.86. The lowest BCUT2D eigenvalue weighted by atomic mass is 9.52. The van der Waals surface area contributed by atoms with E-state index in [9.17, 15) is 0 Å². The molecule has 0 aromatic carbocycles. The molecule has 4 aliphatic rings. The molecule has 6 unspecified atom stereocenters. The predicted octanol–water partition coefficient (Wildman–Crippen LogP) is 4.69. The molecule has 0 amide bonds. The predicted molar refractivity (Wildman–Crippen MR) is 83.3 cm³/mol. The van der Waals surface area contributed by atoms with Gasteiger partial charge in [-0.15, -0.1) is 0 Å². The molecule has 2 saturated heterocycles. The molecule has 0 aromatic rings. The largest absolute Gasteiger partial charge is 0.160 e. The number of thioether (sulfide) groups is 2. The summed E-state index contributed by atoms with van der Waals surface area (Å²) in [7, 11) is 0. The van der Waals surface area contributed by atoms with Gasteiger partial charge in [0, 0.05) is 11.0 Å². The summed E-state index contributed by atoms with van der Waals surface area (Å²) in [6.45, 7) is 2.63. The van der Waals surface area contributed by atoms with Crippen LogP contribution in [0.3, 0.4) is 0 Å². The van der Waals surface area contributed by atoms with E-state index in [1.54, 1.807) is 19.3 Å². The highest BCUT2D eigenvalue weighted by atomic mass is 32.2. The molecule has 6 atom stereocenters. The second-order valence-corrected chi connectivity index (χ2v) is 9.79. The molecule has 0 nitrogen and oxygen atoms in total. The first kappa shape index (κ1) is 12.4. The highest BCUT2D eigenvalue weighted by Gasteiger charge is 2.52. The van der Waals surface area contributed by atoms with Crippen LogP contribution in [-0.4, -0.2) is 22.5 Å². The van der Waals surface area contributed by atoms with Crippen LogP contribution in [0, 0.1) is 29.1 Å². The molecule has 18 heavy (non-hydrogen) atoms. The summed E-state index contributed by atoms with van der Waals surface area (Å²) in [5, 5.41) is 1.03. The Hall–Kier alpha value is 0.700. The van der Waals surface area contributed by atoms with Gasteiger partial charge in [-0.1, -0.05) is 19.8 Å². The summed E-state index contributed by atoms with van der Waals surface area (Å²) in [5.74, 6) is 8.83. The van der Waals surface area contributed by atoms with E-state index >= 15 is 0 Å². The molecule has 4 fully saturated rings. The molecule has 0 aromatic heterocycles. The van der Waals surface area contributed by atoms with Gasteiger partial charge in [0.2, 0.25) is 0 Å². The van der Waals surface area contributed by atoms with Crippen molar-refractivity contribution >= 4 is 23.5 Å². The van der Waals surface area contributed by atoms with Crippen LogP contribution in [0.4, 0.5) is 0 Å². The fraction of sp³-hybridized carbons (Fsp3) is 1.00. The minimum absolute atomic E-state index is 0.735. The van der Waals surface area contributed by atoms with Crippen molar-refractivity contribution in [2.45, 2.75) is 50.7 Å². The van der Waals surface area contributed by atoms with Gasteiger partial charge in [-0.2, -0.15) is 23.5 Å². The minimum atomic E-state index is 0.735. The van der Waals surface area contributed by atoms with Crippen molar-refractivity contribution in [3.8, 4) is 0 Å². The quantitative estimate of drug-likeness (QED) is 0.632. The number of hydrogen-bond donors (Lipinski definition) is 0. The van der Waals surface area contributed by atoms with E-state index in [1.807, 2.05) is 0 Å². The highest BCUT2D eigenvalue weighted by molar-refractivity contribution is 8.04. The van der Waals surface area contributed by atoms with Gasteiger partial charge in [0.15, 0.2) is 0 Å². The Bertz CT molecular complexity index is 329. The molecule has 4 rings (SSSR count). The Morgan fingerprint density at radius 1 is 0.889 bits per heavy atom. The van der Waals surface area contributed by atoms with Gasteiger partial charge >= 0.3 is 0 Å². The second-order valence-electron chi connectivity index (χ2n) is 7.45. The normalized spacial score (nSPS) is 55.5. The fourth-order valence-electron chi connectivity index (χ4n) is 5.61. The Morgan fingerprint density at radius 3 is 2.78 bits per heavy atom. The molecule has 0 radical (unpaired) electrons. The van der Waals surface area contributed by atoms with Gasteiger partial charge in [0.1, 0.15) is 0 Å². The summed E-state index contributed by atoms with van der Waals surface area (Å²) in [6.07, 6.45) is 9.25. The second kappa shape index (κ2) is 4.62. The van der Waals surface area contributed by atoms with E-state index in [4.69, 9.17) is 0 Å². The van der Waals surface area contributed by atoms with Crippen molar-refractivity contribution in [3.63, 3.8) is 0 Å². The highest BCUT2D eigenvalue weighted by Crippen LogP contribution is 2.60. The first-order chi connectivity index (χ1) is 8.78. The number of rotatable bonds is 0. The van der Waals surface area contributed by atoms with E-state index in [1.165, 1.54) is 36.5 Å². The van der Waals surface area contributed by atoms with Crippen molar-refractivity contribution in [3.05, 3.63) is 0 Å². The third-order valence-electron chi connectivity index (χ3n) is 6.65. The van der Waals surface area contributed by atoms with Crippen LogP contribution in [0.1, 0.15) is 45.4 Å². The van der Waals surface area contributed by atoms with Crippen LogP contribution in [0.25, 0.3) is 0 Å². The first-order valence-corrected chi connectivity index (χ1v) is 10.2. The third-order valence-corrected chi connectivity index (χ3v) is 9.59. The zero-order chi connectivity index (χ0) is 12.2. The lowest BCUT2D eigenvalue weighted by molar-refractivity contribution is -0.0257. The molecule has 2 aliphatic carbocycles. The zero-order valence-electron chi connectivity index (χ0n) is 11.6. The fourth-order valence-corrected chi connectivity index (χ4v) is 9.26. The maximum atomic E-state index is 2.63. The molecule has 2 heteroatoms. The summed E-state index contributed by atoms with van der Waals surface area (Å²) in [6, 6.07) is 0. The SMILES string of the molecule is CC12CCCCC1C1CSC3CSCC3C1CC2. The van der Waals surface area contributed by atoms with Crippen LogP contribution in [-0.2, 0) is 0 Å². The van der Waals surface area contributed by atoms with Crippen molar-refractivity contribution in [1.82, 2.24) is 0 Å². The standard InChI is InChI=1S/C16H26S2/c1-16-6-3-2-4-14(16)12-9-18-15-10-17-8-13(15)11(12)5-7-16/h11-15H,2-10H2,1H3. The number of hydrogen-bond acceptors (Lipinski definition) is 2.